The third kappa shape index (κ3) is 4.72. The van der Waals surface area contributed by atoms with Crippen LogP contribution < -0.4 is 14.9 Å². The highest BCUT2D eigenvalue weighted by Crippen LogP contribution is 2.27. The summed E-state index contributed by atoms with van der Waals surface area (Å²) >= 11 is 0. The number of benzene rings is 2. The Bertz CT molecular complexity index is 1130. The third-order valence-electron chi connectivity index (χ3n) is 5.08. The summed E-state index contributed by atoms with van der Waals surface area (Å²) in [4.78, 5) is 27.2. The van der Waals surface area contributed by atoms with Crippen molar-refractivity contribution in [2.75, 3.05) is 19.7 Å². The molecule has 162 valence electrons. The van der Waals surface area contributed by atoms with Gasteiger partial charge >= 0.3 is 0 Å². The number of para-hydroxylation sites is 1. The van der Waals surface area contributed by atoms with Crippen LogP contribution in [0, 0.1) is 6.92 Å². The lowest BCUT2D eigenvalue weighted by Gasteiger charge is -2.35. The number of hydrogen-bond donors (Lipinski definition) is 0. The average molecular weight is 423 g/mol. The largest absolute Gasteiger partial charge is 0.484 e. The minimum atomic E-state index is -0.262. The Morgan fingerprint density at radius 3 is 2.48 bits per heavy atom. The molecular weight excluding hydrogens is 398 g/mol. The van der Waals surface area contributed by atoms with Gasteiger partial charge in [-0.05, 0) is 45.0 Å². The van der Waals surface area contributed by atoms with Gasteiger partial charge in [0.05, 0.1) is 17.6 Å². The minimum absolute atomic E-state index is 0.00193. The van der Waals surface area contributed by atoms with Gasteiger partial charge in [-0.25, -0.2) is 0 Å². The molecule has 2 aromatic carbocycles. The number of ether oxygens (including phenoxy) is 3. The number of carbonyl (C=O) groups excluding carboxylic acids is 1. The predicted molar refractivity (Wildman–Crippen MR) is 116 cm³/mol. The van der Waals surface area contributed by atoms with Gasteiger partial charge < -0.3 is 23.5 Å². The maximum atomic E-state index is 12.9. The molecule has 0 radical (unpaired) electrons. The number of aryl methyl sites for hydroxylation is 1. The first kappa shape index (κ1) is 20.9. The van der Waals surface area contributed by atoms with Crippen molar-refractivity contribution in [2.24, 2.45) is 0 Å². The molecule has 1 fully saturated rings. The maximum absolute atomic E-state index is 12.9. The summed E-state index contributed by atoms with van der Waals surface area (Å²) in [6, 6.07) is 14.0. The molecule has 7 nitrogen and oxygen atoms in total. The van der Waals surface area contributed by atoms with E-state index in [0.717, 1.165) is 0 Å². The molecule has 0 spiro atoms. The van der Waals surface area contributed by atoms with Crippen molar-refractivity contribution in [3.05, 3.63) is 64.5 Å². The third-order valence-corrected chi connectivity index (χ3v) is 5.08. The van der Waals surface area contributed by atoms with Crippen molar-refractivity contribution in [2.45, 2.75) is 33.0 Å². The second-order valence-corrected chi connectivity index (χ2v) is 7.73. The quantitative estimate of drug-likeness (QED) is 0.619. The van der Waals surface area contributed by atoms with E-state index < -0.39 is 0 Å². The van der Waals surface area contributed by atoms with Crippen LogP contribution in [0.25, 0.3) is 11.0 Å². The van der Waals surface area contributed by atoms with Crippen LogP contribution in [0.4, 0.5) is 0 Å². The van der Waals surface area contributed by atoms with Gasteiger partial charge in [0.2, 0.25) is 11.2 Å². The Balaban J connectivity index is 1.50. The van der Waals surface area contributed by atoms with E-state index in [4.69, 9.17) is 18.6 Å². The van der Waals surface area contributed by atoms with Crippen molar-refractivity contribution in [3.8, 4) is 17.2 Å². The first-order chi connectivity index (χ1) is 14.9. The van der Waals surface area contributed by atoms with E-state index in [-0.39, 0.29) is 35.9 Å². The molecular formula is C24H25NO6. The molecule has 1 aliphatic rings. The summed E-state index contributed by atoms with van der Waals surface area (Å²) in [5, 5.41) is 0.381. The Hall–Kier alpha value is -3.32. The normalized spacial score (nSPS) is 18.7. The lowest BCUT2D eigenvalue weighted by Crippen LogP contribution is -2.49. The second kappa shape index (κ2) is 8.81. The fourth-order valence-corrected chi connectivity index (χ4v) is 3.70. The zero-order valence-electron chi connectivity index (χ0n) is 17.8. The molecule has 1 saturated heterocycles. The minimum Gasteiger partial charge on any atom is -0.484 e. The highest BCUT2D eigenvalue weighted by atomic mass is 16.5. The zero-order chi connectivity index (χ0) is 22.0. The zero-order valence-corrected chi connectivity index (χ0v) is 17.8. The summed E-state index contributed by atoms with van der Waals surface area (Å²) in [5.41, 5.74) is 0.114. The van der Waals surface area contributed by atoms with Gasteiger partial charge in [-0.15, -0.1) is 0 Å². The SMILES string of the molecule is Cc1oc2cc(OCC(=O)N3C[C@@H](C)O[C@H](C)C3)ccc2c(=O)c1Oc1ccccc1. The van der Waals surface area contributed by atoms with E-state index in [1.807, 2.05) is 32.0 Å². The van der Waals surface area contributed by atoms with Crippen molar-refractivity contribution in [1.29, 1.82) is 0 Å². The molecule has 0 N–H and O–H groups in total. The second-order valence-electron chi connectivity index (χ2n) is 7.73. The van der Waals surface area contributed by atoms with Gasteiger partial charge in [0.15, 0.2) is 6.61 Å². The lowest BCUT2D eigenvalue weighted by molar-refractivity contribution is -0.145. The molecule has 3 aromatic rings. The summed E-state index contributed by atoms with van der Waals surface area (Å²) in [7, 11) is 0. The van der Waals surface area contributed by atoms with E-state index in [1.165, 1.54) is 0 Å². The van der Waals surface area contributed by atoms with Crippen LogP contribution in [-0.2, 0) is 9.53 Å². The number of fused-ring (bicyclic) bond motifs is 1. The highest BCUT2D eigenvalue weighted by Gasteiger charge is 2.26. The molecule has 4 rings (SSSR count). The fourth-order valence-electron chi connectivity index (χ4n) is 3.70. The molecule has 31 heavy (non-hydrogen) atoms. The monoisotopic (exact) mass is 423 g/mol. The Kier molecular flexibility index (Phi) is 5.95. The van der Waals surface area contributed by atoms with Gasteiger partial charge in [0.25, 0.3) is 5.91 Å². The van der Waals surface area contributed by atoms with Crippen LogP contribution in [0.3, 0.4) is 0 Å². The van der Waals surface area contributed by atoms with E-state index >= 15 is 0 Å². The number of nitrogens with zero attached hydrogens (tertiary/aromatic N) is 1. The van der Waals surface area contributed by atoms with Gasteiger partial charge in [-0.2, -0.15) is 0 Å². The number of rotatable bonds is 5. The molecule has 1 aliphatic heterocycles. The Morgan fingerprint density at radius 2 is 1.77 bits per heavy atom. The van der Waals surface area contributed by atoms with Crippen LogP contribution in [0.1, 0.15) is 19.6 Å². The summed E-state index contributed by atoms with van der Waals surface area (Å²) in [6.07, 6.45) is -0.00385. The van der Waals surface area contributed by atoms with Gasteiger partial charge in [0.1, 0.15) is 22.8 Å². The molecule has 0 saturated carbocycles. The van der Waals surface area contributed by atoms with Crippen LogP contribution >= 0.6 is 0 Å². The number of hydrogen-bond acceptors (Lipinski definition) is 6. The molecule has 2 heterocycles. The van der Waals surface area contributed by atoms with Gasteiger partial charge in [-0.1, -0.05) is 18.2 Å². The van der Waals surface area contributed by atoms with Crippen molar-refractivity contribution in [1.82, 2.24) is 4.90 Å². The number of carbonyl (C=O) groups is 1. The molecule has 7 heteroatoms. The first-order valence-electron chi connectivity index (χ1n) is 10.3. The molecule has 1 aromatic heterocycles. The molecule has 1 amide bonds. The smallest absolute Gasteiger partial charge is 0.260 e. The predicted octanol–water partition coefficient (Wildman–Crippen LogP) is 3.91. The highest BCUT2D eigenvalue weighted by molar-refractivity contribution is 5.80. The standard InChI is InChI=1S/C24H25NO6/c1-15-12-25(13-16(2)29-15)22(26)14-28-19-9-10-20-21(11-19)30-17(3)24(23(20)27)31-18-7-5-4-6-8-18/h4-11,15-16H,12-14H2,1-3H3/t15-,16-/m1/s1. The van der Waals surface area contributed by atoms with Gasteiger partial charge in [0, 0.05) is 19.2 Å². The van der Waals surface area contributed by atoms with E-state index in [2.05, 4.69) is 0 Å². The maximum Gasteiger partial charge on any atom is 0.260 e. The molecule has 0 aliphatic carbocycles. The summed E-state index contributed by atoms with van der Waals surface area (Å²) < 4.78 is 22.9. The van der Waals surface area contributed by atoms with Crippen LogP contribution in [0.2, 0.25) is 0 Å². The van der Waals surface area contributed by atoms with Crippen LogP contribution in [-0.4, -0.2) is 42.7 Å². The fraction of sp³-hybridized carbons (Fsp3) is 0.333. The number of amides is 1. The van der Waals surface area contributed by atoms with Gasteiger partial charge in [-0.3, -0.25) is 9.59 Å². The number of morpholine rings is 1. The van der Waals surface area contributed by atoms with Crippen molar-refractivity contribution in [3.63, 3.8) is 0 Å². The summed E-state index contributed by atoms with van der Waals surface area (Å²) in [5.74, 6) is 1.42. The topological polar surface area (TPSA) is 78.2 Å². The van der Waals surface area contributed by atoms with E-state index in [9.17, 15) is 9.59 Å². The Morgan fingerprint density at radius 1 is 1.06 bits per heavy atom. The first-order valence-corrected chi connectivity index (χ1v) is 10.3. The van der Waals surface area contributed by atoms with E-state index in [1.54, 1.807) is 42.2 Å². The molecule has 0 unspecified atom stereocenters. The van der Waals surface area contributed by atoms with Crippen molar-refractivity contribution < 1.29 is 23.4 Å². The summed E-state index contributed by atoms with van der Waals surface area (Å²) in [6.45, 7) is 6.56. The van der Waals surface area contributed by atoms with Crippen LogP contribution in [0.5, 0.6) is 17.2 Å². The molecule has 2 atom stereocenters. The van der Waals surface area contributed by atoms with Crippen molar-refractivity contribution >= 4 is 16.9 Å². The average Bonchev–Trinajstić information content (AvgIpc) is 2.75. The lowest BCUT2D eigenvalue weighted by atomic mass is 10.2. The Labute approximate surface area is 180 Å². The molecule has 0 bridgehead atoms. The van der Waals surface area contributed by atoms with Crippen LogP contribution in [0.15, 0.2) is 57.7 Å². The van der Waals surface area contributed by atoms with E-state index in [0.29, 0.717) is 41.3 Å².